The van der Waals surface area contributed by atoms with Gasteiger partial charge in [0.15, 0.2) is 10.0 Å². The summed E-state index contributed by atoms with van der Waals surface area (Å²) < 4.78 is 5.66. The first-order valence-corrected chi connectivity index (χ1v) is 10.6. The number of anilines is 2. The van der Waals surface area contributed by atoms with E-state index in [2.05, 4.69) is 26.0 Å². The summed E-state index contributed by atoms with van der Waals surface area (Å²) in [6.07, 6.45) is 2.09. The number of rotatable bonds is 8. The van der Waals surface area contributed by atoms with E-state index in [4.69, 9.17) is 4.52 Å². The number of aromatic nitrogens is 3. The highest BCUT2D eigenvalue weighted by molar-refractivity contribution is 8.01. The Morgan fingerprint density at radius 2 is 2.00 bits per heavy atom. The van der Waals surface area contributed by atoms with E-state index in [0.29, 0.717) is 21.7 Å². The Morgan fingerprint density at radius 3 is 2.70 bits per heavy atom. The number of nitro benzene ring substituents is 1. The number of amides is 2. The third-order valence-corrected chi connectivity index (χ3v) is 6.03. The molecule has 1 aliphatic carbocycles. The fourth-order valence-electron chi connectivity index (χ4n) is 2.43. The molecule has 0 saturated heterocycles. The van der Waals surface area contributed by atoms with Crippen LogP contribution in [0, 0.1) is 10.1 Å². The van der Waals surface area contributed by atoms with Crippen LogP contribution in [0.1, 0.15) is 35.0 Å². The second-order valence-corrected chi connectivity index (χ2v) is 8.56. The normalized spacial score (nSPS) is 13.1. The van der Waals surface area contributed by atoms with Gasteiger partial charge in [0.1, 0.15) is 5.76 Å². The molecule has 2 aromatic heterocycles. The molecule has 1 aliphatic rings. The van der Waals surface area contributed by atoms with Crippen molar-refractivity contribution in [3.8, 4) is 0 Å². The van der Waals surface area contributed by atoms with Gasteiger partial charge < -0.3 is 9.84 Å². The lowest BCUT2D eigenvalue weighted by atomic mass is 10.3. The van der Waals surface area contributed by atoms with Gasteiger partial charge in [0, 0.05) is 29.8 Å². The summed E-state index contributed by atoms with van der Waals surface area (Å²) in [4.78, 5) is 34.4. The number of carbonyl (C=O) groups is 2. The topological polar surface area (TPSA) is 153 Å². The molecule has 0 radical (unpaired) electrons. The van der Waals surface area contributed by atoms with Crippen molar-refractivity contribution in [3.05, 3.63) is 51.9 Å². The van der Waals surface area contributed by atoms with E-state index in [1.54, 1.807) is 6.07 Å². The van der Waals surface area contributed by atoms with Gasteiger partial charge in [-0.3, -0.25) is 25.0 Å². The molecule has 2 heterocycles. The third kappa shape index (κ3) is 4.99. The van der Waals surface area contributed by atoms with Crippen LogP contribution in [-0.4, -0.2) is 37.8 Å². The maximum atomic E-state index is 12.2. The van der Waals surface area contributed by atoms with E-state index in [0.717, 1.165) is 35.9 Å². The summed E-state index contributed by atoms with van der Waals surface area (Å²) >= 11 is 2.29. The molecule has 11 nitrogen and oxygen atoms in total. The zero-order chi connectivity index (χ0) is 21.1. The van der Waals surface area contributed by atoms with Crippen LogP contribution < -0.4 is 10.6 Å². The molecule has 2 amide bonds. The Morgan fingerprint density at radius 1 is 1.23 bits per heavy atom. The van der Waals surface area contributed by atoms with Crippen molar-refractivity contribution in [2.75, 3.05) is 16.4 Å². The minimum atomic E-state index is -0.512. The van der Waals surface area contributed by atoms with Crippen LogP contribution in [-0.2, 0) is 4.79 Å². The quantitative estimate of drug-likeness (QED) is 0.230. The van der Waals surface area contributed by atoms with Gasteiger partial charge in [0.05, 0.1) is 10.7 Å². The number of carbonyl (C=O) groups excluding carboxylic acids is 2. The van der Waals surface area contributed by atoms with Crippen LogP contribution >= 0.6 is 23.1 Å². The molecule has 3 aromatic rings. The van der Waals surface area contributed by atoms with Gasteiger partial charge in [-0.1, -0.05) is 28.3 Å². The lowest BCUT2D eigenvalue weighted by molar-refractivity contribution is -0.384. The third-order valence-electron chi connectivity index (χ3n) is 4.06. The summed E-state index contributed by atoms with van der Waals surface area (Å²) in [6, 6.07) is 7.16. The molecule has 0 unspecified atom stereocenters. The largest absolute Gasteiger partial charge is 0.360 e. The number of nitro groups is 1. The number of thioether (sulfide) groups is 1. The number of hydrogen-bond acceptors (Lipinski definition) is 10. The average molecular weight is 446 g/mol. The summed E-state index contributed by atoms with van der Waals surface area (Å²) in [5, 5.41) is 27.8. The van der Waals surface area contributed by atoms with Crippen LogP contribution in [0.4, 0.5) is 16.5 Å². The fraction of sp³-hybridized carbons (Fsp3) is 0.235. The van der Waals surface area contributed by atoms with Gasteiger partial charge in [-0.25, -0.2) is 0 Å². The van der Waals surface area contributed by atoms with Gasteiger partial charge in [0.25, 0.3) is 11.6 Å². The second kappa shape index (κ2) is 8.59. The van der Waals surface area contributed by atoms with E-state index in [1.807, 2.05) is 0 Å². The number of non-ortho nitro benzene ring substituents is 1. The molecule has 13 heteroatoms. The summed E-state index contributed by atoms with van der Waals surface area (Å²) in [5.41, 5.74) is 0.582. The van der Waals surface area contributed by atoms with Crippen molar-refractivity contribution in [3.63, 3.8) is 0 Å². The van der Waals surface area contributed by atoms with E-state index in [9.17, 15) is 19.7 Å². The van der Waals surface area contributed by atoms with Crippen molar-refractivity contribution in [1.29, 1.82) is 0 Å². The first-order valence-electron chi connectivity index (χ1n) is 8.76. The van der Waals surface area contributed by atoms with E-state index in [1.165, 1.54) is 24.3 Å². The van der Waals surface area contributed by atoms with Crippen molar-refractivity contribution >= 4 is 51.4 Å². The SMILES string of the molecule is O=C(CSc1nnc(NC(=O)c2cc(C3CC3)on2)s1)Nc1ccc([N+](=O)[O-])cc1. The number of nitrogens with zero attached hydrogens (tertiary/aromatic N) is 4. The molecule has 2 N–H and O–H groups in total. The Hall–Kier alpha value is -3.32. The van der Waals surface area contributed by atoms with Gasteiger partial charge in [-0.2, -0.15) is 0 Å². The smallest absolute Gasteiger partial charge is 0.279 e. The summed E-state index contributed by atoms with van der Waals surface area (Å²) in [6.45, 7) is 0. The van der Waals surface area contributed by atoms with Crippen molar-refractivity contribution < 1.29 is 19.0 Å². The highest BCUT2D eigenvalue weighted by atomic mass is 32.2. The minimum absolute atomic E-state index is 0.0554. The average Bonchev–Trinajstić information content (AvgIpc) is 3.28. The lowest BCUT2D eigenvalue weighted by Gasteiger charge is -2.03. The molecule has 0 atom stereocenters. The molecule has 1 fully saturated rings. The summed E-state index contributed by atoms with van der Waals surface area (Å²) in [7, 11) is 0. The predicted octanol–water partition coefficient (Wildman–Crippen LogP) is 3.29. The highest BCUT2D eigenvalue weighted by Gasteiger charge is 2.29. The molecule has 154 valence electrons. The fourth-order valence-corrected chi connectivity index (χ4v) is 3.97. The Kier molecular flexibility index (Phi) is 5.72. The predicted molar refractivity (Wildman–Crippen MR) is 109 cm³/mol. The van der Waals surface area contributed by atoms with Gasteiger partial charge in [-0.05, 0) is 25.0 Å². The van der Waals surface area contributed by atoms with Crippen LogP contribution in [0.5, 0.6) is 0 Å². The van der Waals surface area contributed by atoms with Crippen molar-refractivity contribution in [2.24, 2.45) is 0 Å². The van der Waals surface area contributed by atoms with Crippen LogP contribution in [0.3, 0.4) is 0 Å². The van der Waals surface area contributed by atoms with Gasteiger partial charge in [-0.15, -0.1) is 10.2 Å². The first kappa shape index (κ1) is 20.0. The molecular weight excluding hydrogens is 432 g/mol. The molecule has 0 spiro atoms. The molecule has 30 heavy (non-hydrogen) atoms. The molecule has 1 saturated carbocycles. The Labute approximate surface area is 177 Å². The van der Waals surface area contributed by atoms with Crippen molar-refractivity contribution in [2.45, 2.75) is 23.1 Å². The first-order chi connectivity index (χ1) is 14.5. The van der Waals surface area contributed by atoms with Gasteiger partial charge in [0.2, 0.25) is 11.0 Å². The minimum Gasteiger partial charge on any atom is -0.360 e. The lowest BCUT2D eigenvalue weighted by Crippen LogP contribution is -2.13. The number of benzene rings is 1. The standard InChI is InChI=1S/C17H14N6O5S2/c24-14(18-10-3-5-11(6-4-10)23(26)27)8-29-17-21-20-16(30-17)19-15(25)12-7-13(28-22-12)9-1-2-9/h3-7,9H,1-2,8H2,(H,18,24)(H,19,20,25). The highest BCUT2D eigenvalue weighted by Crippen LogP contribution is 2.40. The Balaban J connectivity index is 1.26. The molecular formula is C17H14N6O5S2. The zero-order valence-electron chi connectivity index (χ0n) is 15.2. The zero-order valence-corrected chi connectivity index (χ0v) is 16.9. The molecule has 4 rings (SSSR count). The maximum absolute atomic E-state index is 12.2. The number of hydrogen-bond donors (Lipinski definition) is 2. The maximum Gasteiger partial charge on any atom is 0.279 e. The van der Waals surface area contributed by atoms with Crippen molar-refractivity contribution in [1.82, 2.24) is 15.4 Å². The number of nitrogens with one attached hydrogen (secondary N) is 2. The van der Waals surface area contributed by atoms with E-state index < -0.39 is 10.8 Å². The monoisotopic (exact) mass is 446 g/mol. The van der Waals surface area contributed by atoms with Crippen LogP contribution in [0.2, 0.25) is 0 Å². The molecule has 0 bridgehead atoms. The van der Waals surface area contributed by atoms with E-state index in [-0.39, 0.29) is 28.2 Å². The molecule has 1 aromatic carbocycles. The second-order valence-electron chi connectivity index (χ2n) is 6.36. The van der Waals surface area contributed by atoms with E-state index >= 15 is 0 Å². The van der Waals surface area contributed by atoms with Gasteiger partial charge >= 0.3 is 0 Å². The molecule has 0 aliphatic heterocycles. The van der Waals surface area contributed by atoms with Crippen LogP contribution in [0.25, 0.3) is 0 Å². The Bertz CT molecular complexity index is 1090. The van der Waals surface area contributed by atoms with Crippen LogP contribution in [0.15, 0.2) is 39.2 Å². The summed E-state index contributed by atoms with van der Waals surface area (Å²) in [5.74, 6) is 0.403.